The topological polar surface area (TPSA) is 108 Å². The van der Waals surface area contributed by atoms with Gasteiger partial charge in [0, 0.05) is 19.2 Å². The molecule has 0 aliphatic carbocycles. The van der Waals surface area contributed by atoms with E-state index in [-0.39, 0.29) is 0 Å². The zero-order valence-electron chi connectivity index (χ0n) is 16.0. The van der Waals surface area contributed by atoms with Gasteiger partial charge in [0.1, 0.15) is 18.0 Å². The quantitative estimate of drug-likeness (QED) is 0.496. The number of benzene rings is 2. The molecule has 7 nitrogen and oxygen atoms in total. The minimum atomic E-state index is 0.403. The van der Waals surface area contributed by atoms with Crippen LogP contribution in [-0.4, -0.2) is 19.5 Å². The maximum atomic E-state index is 6.19. The number of aryl methyl sites for hydroxylation is 2. The maximum absolute atomic E-state index is 6.19. The van der Waals surface area contributed by atoms with Crippen molar-refractivity contribution in [2.45, 2.75) is 26.9 Å². The third-order valence-corrected chi connectivity index (χ3v) is 4.88. The Hall–Kier alpha value is -3.45. The van der Waals surface area contributed by atoms with Crippen LogP contribution < -0.4 is 16.8 Å². The van der Waals surface area contributed by atoms with Crippen molar-refractivity contribution in [1.29, 1.82) is 0 Å². The van der Waals surface area contributed by atoms with Crippen molar-refractivity contribution in [2.75, 3.05) is 11.1 Å². The molecule has 0 aliphatic rings. The van der Waals surface area contributed by atoms with Gasteiger partial charge in [0.15, 0.2) is 0 Å². The molecule has 7 heteroatoms. The fourth-order valence-electron chi connectivity index (χ4n) is 3.22. The average molecular weight is 373 g/mol. The van der Waals surface area contributed by atoms with Gasteiger partial charge in [-0.3, -0.25) is 4.57 Å². The monoisotopic (exact) mass is 373 g/mol. The normalized spacial score (nSPS) is 11.1. The standard InChI is InChI=1S/C21H23N7/c1-13-6-17-18(7-14(13)2)28(21(23)27-17)20-9-19(25-12-26-20)24-11-16-5-3-4-15(8-16)10-22/h3-9,12H,10-11,22H2,1-2H3,(H2,23,27)(H,24,25,26). The van der Waals surface area contributed by atoms with Crippen LogP contribution in [0.3, 0.4) is 0 Å². The number of anilines is 2. The molecule has 0 fully saturated rings. The Labute approximate surface area is 163 Å². The summed E-state index contributed by atoms with van der Waals surface area (Å²) in [6.45, 7) is 5.31. The summed E-state index contributed by atoms with van der Waals surface area (Å²) in [7, 11) is 0. The second kappa shape index (κ2) is 7.28. The van der Waals surface area contributed by atoms with Crippen molar-refractivity contribution in [1.82, 2.24) is 19.5 Å². The number of hydrogen-bond acceptors (Lipinski definition) is 6. The first-order valence-corrected chi connectivity index (χ1v) is 9.14. The van der Waals surface area contributed by atoms with Gasteiger partial charge in [0.25, 0.3) is 0 Å². The van der Waals surface area contributed by atoms with E-state index in [1.165, 1.54) is 17.5 Å². The molecule has 4 rings (SSSR count). The highest BCUT2D eigenvalue weighted by atomic mass is 15.2. The Balaban J connectivity index is 1.65. The summed E-state index contributed by atoms with van der Waals surface area (Å²) in [6.07, 6.45) is 1.53. The van der Waals surface area contributed by atoms with Crippen molar-refractivity contribution in [2.24, 2.45) is 5.73 Å². The van der Waals surface area contributed by atoms with E-state index in [0.717, 1.165) is 22.2 Å². The highest BCUT2D eigenvalue weighted by molar-refractivity contribution is 5.82. The summed E-state index contributed by atoms with van der Waals surface area (Å²) < 4.78 is 1.85. The van der Waals surface area contributed by atoms with Crippen LogP contribution in [0.1, 0.15) is 22.3 Å². The first-order valence-electron chi connectivity index (χ1n) is 9.14. The molecule has 0 atom stereocenters. The van der Waals surface area contributed by atoms with Gasteiger partial charge in [-0.1, -0.05) is 24.3 Å². The molecule has 2 aromatic carbocycles. The van der Waals surface area contributed by atoms with Crippen molar-refractivity contribution < 1.29 is 0 Å². The predicted octanol–water partition coefficient (Wildman–Crippen LogP) is 3.09. The Morgan fingerprint density at radius 3 is 2.61 bits per heavy atom. The Morgan fingerprint density at radius 2 is 1.79 bits per heavy atom. The number of hydrogen-bond donors (Lipinski definition) is 3. The molecule has 0 radical (unpaired) electrons. The molecular formula is C21H23N7. The molecular weight excluding hydrogens is 350 g/mol. The number of fused-ring (bicyclic) bond motifs is 1. The molecule has 0 saturated carbocycles. The van der Waals surface area contributed by atoms with Crippen LogP contribution in [0.25, 0.3) is 16.9 Å². The average Bonchev–Trinajstić information content (AvgIpc) is 3.01. The molecule has 0 saturated heterocycles. The third kappa shape index (κ3) is 3.39. The molecule has 5 N–H and O–H groups in total. The second-order valence-electron chi connectivity index (χ2n) is 6.87. The number of nitrogens with two attached hydrogens (primary N) is 2. The minimum Gasteiger partial charge on any atom is -0.369 e. The first kappa shape index (κ1) is 17.9. The predicted molar refractivity (Wildman–Crippen MR) is 112 cm³/mol. The van der Waals surface area contributed by atoms with Gasteiger partial charge in [-0.2, -0.15) is 0 Å². The van der Waals surface area contributed by atoms with E-state index in [1.807, 2.05) is 28.8 Å². The lowest BCUT2D eigenvalue weighted by Gasteiger charge is -2.10. The lowest BCUT2D eigenvalue weighted by Crippen LogP contribution is -2.07. The minimum absolute atomic E-state index is 0.403. The van der Waals surface area contributed by atoms with E-state index in [0.29, 0.717) is 30.7 Å². The molecule has 28 heavy (non-hydrogen) atoms. The lowest BCUT2D eigenvalue weighted by molar-refractivity contribution is 0.993. The number of nitrogens with zero attached hydrogens (tertiary/aromatic N) is 4. The van der Waals surface area contributed by atoms with Gasteiger partial charge < -0.3 is 16.8 Å². The summed E-state index contributed by atoms with van der Waals surface area (Å²) in [5.41, 5.74) is 18.3. The number of imidazole rings is 1. The molecule has 0 bridgehead atoms. The molecule has 0 amide bonds. The molecule has 2 aromatic heterocycles. The van der Waals surface area contributed by atoms with Crippen LogP contribution in [-0.2, 0) is 13.1 Å². The van der Waals surface area contributed by atoms with Gasteiger partial charge in [-0.05, 0) is 48.2 Å². The summed E-state index contributed by atoms with van der Waals surface area (Å²) in [5.74, 6) is 1.80. The lowest BCUT2D eigenvalue weighted by atomic mass is 10.1. The van der Waals surface area contributed by atoms with Crippen LogP contribution in [0.4, 0.5) is 11.8 Å². The molecule has 2 heterocycles. The fraction of sp³-hybridized carbons (Fsp3) is 0.190. The fourth-order valence-corrected chi connectivity index (χ4v) is 3.22. The van der Waals surface area contributed by atoms with Crippen molar-refractivity contribution in [3.63, 3.8) is 0 Å². The number of rotatable bonds is 5. The maximum Gasteiger partial charge on any atom is 0.207 e. The van der Waals surface area contributed by atoms with Crippen LogP contribution in [0, 0.1) is 13.8 Å². The van der Waals surface area contributed by atoms with E-state index in [4.69, 9.17) is 11.5 Å². The van der Waals surface area contributed by atoms with Gasteiger partial charge in [0.05, 0.1) is 11.0 Å². The molecule has 0 spiro atoms. The summed E-state index contributed by atoms with van der Waals surface area (Å²) in [4.78, 5) is 13.2. The van der Waals surface area contributed by atoms with Crippen molar-refractivity contribution in [3.05, 3.63) is 71.0 Å². The van der Waals surface area contributed by atoms with Crippen LogP contribution in [0.2, 0.25) is 0 Å². The van der Waals surface area contributed by atoms with E-state index < -0.39 is 0 Å². The zero-order chi connectivity index (χ0) is 19.7. The van der Waals surface area contributed by atoms with Gasteiger partial charge >= 0.3 is 0 Å². The van der Waals surface area contributed by atoms with Gasteiger partial charge in [0.2, 0.25) is 5.95 Å². The number of nitrogen functional groups attached to an aromatic ring is 1. The molecule has 0 aliphatic heterocycles. The Morgan fingerprint density at radius 1 is 1.00 bits per heavy atom. The molecule has 4 aromatic rings. The Kier molecular flexibility index (Phi) is 4.67. The highest BCUT2D eigenvalue weighted by Gasteiger charge is 2.13. The molecule has 0 unspecified atom stereocenters. The van der Waals surface area contributed by atoms with Crippen LogP contribution in [0.5, 0.6) is 0 Å². The summed E-state index contributed by atoms with van der Waals surface area (Å²) >= 11 is 0. The summed E-state index contributed by atoms with van der Waals surface area (Å²) in [5, 5.41) is 3.34. The van der Waals surface area contributed by atoms with Gasteiger partial charge in [-0.15, -0.1) is 0 Å². The second-order valence-corrected chi connectivity index (χ2v) is 6.87. The largest absolute Gasteiger partial charge is 0.369 e. The van der Waals surface area contributed by atoms with Gasteiger partial charge in [-0.25, -0.2) is 15.0 Å². The third-order valence-electron chi connectivity index (χ3n) is 4.88. The van der Waals surface area contributed by atoms with E-state index in [2.05, 4.69) is 52.3 Å². The smallest absolute Gasteiger partial charge is 0.207 e. The SMILES string of the molecule is Cc1cc2nc(N)n(-c3cc(NCc4cccc(CN)c4)ncn3)c2cc1C. The zero-order valence-corrected chi connectivity index (χ0v) is 16.0. The van der Waals surface area contributed by atoms with E-state index in [9.17, 15) is 0 Å². The van der Waals surface area contributed by atoms with Crippen LogP contribution >= 0.6 is 0 Å². The first-order chi connectivity index (χ1) is 13.5. The van der Waals surface area contributed by atoms with Crippen molar-refractivity contribution in [3.8, 4) is 5.82 Å². The summed E-state index contributed by atoms with van der Waals surface area (Å²) in [6, 6.07) is 14.2. The van der Waals surface area contributed by atoms with E-state index >= 15 is 0 Å². The van der Waals surface area contributed by atoms with E-state index in [1.54, 1.807) is 0 Å². The number of aromatic nitrogens is 4. The Bertz CT molecular complexity index is 1150. The number of nitrogens with one attached hydrogen (secondary N) is 1. The highest BCUT2D eigenvalue weighted by Crippen LogP contribution is 2.25. The van der Waals surface area contributed by atoms with Crippen molar-refractivity contribution >= 4 is 22.8 Å². The van der Waals surface area contributed by atoms with Crippen LogP contribution in [0.15, 0.2) is 48.8 Å². The molecule has 142 valence electrons.